The minimum Gasteiger partial charge on any atom is -0.476 e. The van der Waals surface area contributed by atoms with Crippen LogP contribution in [0.5, 0.6) is 0 Å². The average Bonchev–Trinajstić information content (AvgIpc) is 3.04. The van der Waals surface area contributed by atoms with Crippen LogP contribution in [0.15, 0.2) is 24.7 Å². The highest BCUT2D eigenvalue weighted by Crippen LogP contribution is 2.59. The van der Waals surface area contributed by atoms with Crippen LogP contribution in [-0.2, 0) is 6.54 Å². The lowest BCUT2D eigenvalue weighted by atomic mass is 10.2. The Bertz CT molecular complexity index is 856. The van der Waals surface area contributed by atoms with Gasteiger partial charge >= 0.3 is 5.97 Å². The molecule has 6 nitrogen and oxygen atoms in total. The summed E-state index contributed by atoms with van der Waals surface area (Å²) in [5.41, 5.74) is -0.418. The van der Waals surface area contributed by atoms with Crippen molar-refractivity contribution in [2.45, 2.75) is 18.9 Å². The fourth-order valence-electron chi connectivity index (χ4n) is 3.44. The summed E-state index contributed by atoms with van der Waals surface area (Å²) < 4.78 is 54.8. The number of carboxylic acids is 1. The molecule has 26 heavy (non-hydrogen) atoms. The van der Waals surface area contributed by atoms with E-state index < -0.39 is 35.8 Å². The van der Waals surface area contributed by atoms with Crippen LogP contribution >= 0.6 is 0 Å². The van der Waals surface area contributed by atoms with Crippen molar-refractivity contribution in [3.05, 3.63) is 41.6 Å². The van der Waals surface area contributed by atoms with E-state index in [9.17, 15) is 22.4 Å². The molecule has 10 heteroatoms. The molecule has 1 saturated heterocycles. The van der Waals surface area contributed by atoms with Gasteiger partial charge in [0.05, 0.1) is 24.7 Å². The molecule has 2 aromatic heterocycles. The maximum Gasteiger partial charge on any atom is 0.356 e. The molecule has 0 bridgehead atoms. The predicted molar refractivity (Wildman–Crippen MR) is 81.6 cm³/mol. The van der Waals surface area contributed by atoms with Gasteiger partial charge in [-0.25, -0.2) is 32.3 Å². The highest BCUT2D eigenvalue weighted by atomic mass is 19.3. The molecular formula is C16H14F4N4O2. The van der Waals surface area contributed by atoms with Gasteiger partial charge in [0.25, 0.3) is 12.3 Å². The molecule has 1 aliphatic carbocycles. The summed E-state index contributed by atoms with van der Waals surface area (Å²) in [6.07, 6.45) is -0.365. The van der Waals surface area contributed by atoms with E-state index in [2.05, 4.69) is 9.97 Å². The lowest BCUT2D eigenvalue weighted by molar-refractivity contribution is 0.0690. The number of anilines is 1. The molecule has 2 fully saturated rings. The van der Waals surface area contributed by atoms with Gasteiger partial charge in [-0.1, -0.05) is 6.07 Å². The molecule has 1 N–H and O–H groups in total. The van der Waals surface area contributed by atoms with Crippen molar-refractivity contribution in [3.8, 4) is 0 Å². The monoisotopic (exact) mass is 370 g/mol. The first-order chi connectivity index (χ1) is 12.3. The number of alkyl halides is 4. The molecule has 3 heterocycles. The molecule has 2 unspecified atom stereocenters. The van der Waals surface area contributed by atoms with Crippen LogP contribution < -0.4 is 4.90 Å². The highest BCUT2D eigenvalue weighted by Gasteiger charge is 2.71. The molecule has 2 aromatic rings. The maximum atomic E-state index is 13.4. The summed E-state index contributed by atoms with van der Waals surface area (Å²) in [4.78, 5) is 20.1. The van der Waals surface area contributed by atoms with Crippen molar-refractivity contribution in [3.63, 3.8) is 0 Å². The number of carbonyl (C=O) groups is 1. The minimum absolute atomic E-state index is 0.0173. The van der Waals surface area contributed by atoms with Gasteiger partial charge < -0.3 is 14.6 Å². The summed E-state index contributed by atoms with van der Waals surface area (Å²) >= 11 is 0. The second kappa shape index (κ2) is 5.68. The molecule has 0 spiro atoms. The number of halogens is 4. The van der Waals surface area contributed by atoms with E-state index in [4.69, 9.17) is 5.11 Å². The van der Waals surface area contributed by atoms with Gasteiger partial charge in [0.1, 0.15) is 11.5 Å². The van der Waals surface area contributed by atoms with Crippen LogP contribution in [0.3, 0.4) is 0 Å². The number of nitrogens with zero attached hydrogens (tertiary/aromatic N) is 4. The second-order valence-electron chi connectivity index (χ2n) is 6.54. The number of fused-ring (bicyclic) bond motifs is 1. The molecule has 0 aromatic carbocycles. The fraction of sp³-hybridized carbons (Fsp3) is 0.438. The van der Waals surface area contributed by atoms with Gasteiger partial charge in [0.2, 0.25) is 0 Å². The molecule has 1 saturated carbocycles. The zero-order valence-corrected chi connectivity index (χ0v) is 13.3. The van der Waals surface area contributed by atoms with E-state index in [0.717, 1.165) is 0 Å². The maximum absolute atomic E-state index is 13.4. The Morgan fingerprint density at radius 3 is 2.58 bits per heavy atom. The quantitative estimate of drug-likeness (QED) is 0.820. The summed E-state index contributed by atoms with van der Waals surface area (Å²) in [6, 6.07) is 2.99. The van der Waals surface area contributed by atoms with Crippen molar-refractivity contribution in [1.82, 2.24) is 14.5 Å². The number of imidazole rings is 1. The first-order valence-corrected chi connectivity index (χ1v) is 7.93. The Hall–Kier alpha value is -2.65. The van der Waals surface area contributed by atoms with E-state index in [1.165, 1.54) is 29.2 Å². The van der Waals surface area contributed by atoms with Gasteiger partial charge in [-0.2, -0.15) is 0 Å². The van der Waals surface area contributed by atoms with Crippen molar-refractivity contribution in [1.29, 1.82) is 0 Å². The van der Waals surface area contributed by atoms with E-state index in [0.29, 0.717) is 0 Å². The number of hydrogen-bond donors (Lipinski definition) is 1. The summed E-state index contributed by atoms with van der Waals surface area (Å²) in [5.74, 6) is -5.05. The van der Waals surface area contributed by atoms with Crippen LogP contribution in [0.4, 0.5) is 23.4 Å². The van der Waals surface area contributed by atoms with Crippen molar-refractivity contribution in [2.75, 3.05) is 18.0 Å². The van der Waals surface area contributed by atoms with Crippen molar-refractivity contribution >= 4 is 11.8 Å². The molecular weight excluding hydrogens is 356 g/mol. The first kappa shape index (κ1) is 16.8. The number of carboxylic acid groups (broad SMARTS) is 1. The molecule has 2 aliphatic rings. The minimum atomic E-state index is -2.84. The predicted octanol–water partition coefficient (Wildman–Crippen LogP) is 2.66. The third-order valence-corrected chi connectivity index (χ3v) is 4.93. The standard InChI is InChI=1S/C16H14F4N4O2/c17-14(18)13-8(3-23-6-11(15(25)26)21-7-23)1-2-12(22-13)24-4-9-10(5-24)16(9,19)20/h1-2,6-7,9-10,14H,3-5H2,(H,25,26). The van der Waals surface area contributed by atoms with Gasteiger partial charge in [-0.05, 0) is 11.6 Å². The van der Waals surface area contributed by atoms with Gasteiger partial charge in [0.15, 0.2) is 5.69 Å². The summed E-state index contributed by atoms with van der Waals surface area (Å²) in [5, 5.41) is 8.86. The van der Waals surface area contributed by atoms with E-state index in [1.54, 1.807) is 4.90 Å². The molecule has 0 radical (unpaired) electrons. The number of pyridine rings is 1. The molecule has 0 amide bonds. The molecule has 138 valence electrons. The lowest BCUT2D eigenvalue weighted by Gasteiger charge is -2.22. The number of aromatic carboxylic acids is 1. The van der Waals surface area contributed by atoms with Crippen LogP contribution in [0, 0.1) is 11.8 Å². The Kier molecular flexibility index (Phi) is 3.67. The third kappa shape index (κ3) is 2.69. The van der Waals surface area contributed by atoms with E-state index in [1.807, 2.05) is 0 Å². The SMILES string of the molecule is O=C(O)c1cn(Cc2ccc(N3CC4C(C3)C4(F)F)nc2C(F)F)cn1. The summed E-state index contributed by atoms with van der Waals surface area (Å²) in [6.45, 7) is 0.197. The third-order valence-electron chi connectivity index (χ3n) is 4.93. The Morgan fingerprint density at radius 2 is 2.00 bits per heavy atom. The molecule has 4 rings (SSSR count). The topological polar surface area (TPSA) is 71.2 Å². The van der Waals surface area contributed by atoms with Crippen LogP contribution in [-0.4, -0.2) is 44.6 Å². The van der Waals surface area contributed by atoms with Crippen LogP contribution in [0.2, 0.25) is 0 Å². The van der Waals surface area contributed by atoms with Crippen molar-refractivity contribution < 1.29 is 27.5 Å². The Labute approximate surface area is 145 Å². The second-order valence-corrected chi connectivity index (χ2v) is 6.54. The largest absolute Gasteiger partial charge is 0.476 e. The highest BCUT2D eigenvalue weighted by molar-refractivity contribution is 5.84. The summed E-state index contributed by atoms with van der Waals surface area (Å²) in [7, 11) is 0. The number of hydrogen-bond acceptors (Lipinski definition) is 4. The fourth-order valence-corrected chi connectivity index (χ4v) is 3.44. The van der Waals surface area contributed by atoms with Gasteiger partial charge in [-0.15, -0.1) is 0 Å². The normalized spacial score (nSPS) is 23.3. The lowest BCUT2D eigenvalue weighted by Crippen LogP contribution is -2.28. The van der Waals surface area contributed by atoms with E-state index in [-0.39, 0.29) is 36.7 Å². The molecule has 2 atom stereocenters. The van der Waals surface area contributed by atoms with Gasteiger partial charge in [0, 0.05) is 19.3 Å². The zero-order chi connectivity index (χ0) is 18.6. The zero-order valence-electron chi connectivity index (χ0n) is 13.3. The van der Waals surface area contributed by atoms with Crippen LogP contribution in [0.1, 0.15) is 28.2 Å². The molecule has 1 aliphatic heterocycles. The average molecular weight is 370 g/mol. The number of aromatic nitrogens is 3. The Morgan fingerprint density at radius 1 is 1.31 bits per heavy atom. The van der Waals surface area contributed by atoms with Crippen LogP contribution in [0.25, 0.3) is 0 Å². The van der Waals surface area contributed by atoms with Gasteiger partial charge in [-0.3, -0.25) is 0 Å². The smallest absolute Gasteiger partial charge is 0.356 e. The number of piperidine rings is 1. The Balaban J connectivity index is 1.55. The van der Waals surface area contributed by atoms with E-state index >= 15 is 0 Å². The number of rotatable bonds is 5. The first-order valence-electron chi connectivity index (χ1n) is 7.93. The van der Waals surface area contributed by atoms with Crippen molar-refractivity contribution in [2.24, 2.45) is 11.8 Å².